The molecule has 1 rings (SSSR count). The van der Waals surface area contributed by atoms with Crippen molar-refractivity contribution < 1.29 is 4.79 Å². The van der Waals surface area contributed by atoms with E-state index in [9.17, 15) is 4.79 Å². The molecule has 1 atom stereocenters. The number of nitrogens with zero attached hydrogens (tertiary/aromatic N) is 1. The van der Waals surface area contributed by atoms with Gasteiger partial charge in [0.25, 0.3) is 0 Å². The van der Waals surface area contributed by atoms with E-state index in [-0.39, 0.29) is 24.4 Å². The van der Waals surface area contributed by atoms with Crippen molar-refractivity contribution >= 4 is 18.3 Å². The Morgan fingerprint density at radius 1 is 1.35 bits per heavy atom. The zero-order valence-electron chi connectivity index (χ0n) is 11.3. The monoisotopic (exact) mass is 262 g/mol. The summed E-state index contributed by atoms with van der Waals surface area (Å²) in [5.41, 5.74) is 5.87. The average Bonchev–Trinajstić information content (AvgIpc) is 2.28. The Morgan fingerprint density at radius 2 is 1.88 bits per heavy atom. The largest absolute Gasteiger partial charge is 0.341 e. The molecule has 0 aromatic rings. The summed E-state index contributed by atoms with van der Waals surface area (Å²) in [6.07, 6.45) is 6.54. The highest BCUT2D eigenvalue weighted by Gasteiger charge is 2.27. The number of likely N-dealkylation sites (N-methyl/N-ethyl adjacent to an activating group) is 1. The molecule has 1 saturated carbocycles. The lowest BCUT2D eigenvalue weighted by molar-refractivity contribution is -0.134. The normalized spacial score (nSPS) is 25.9. The topological polar surface area (TPSA) is 46.3 Å². The highest BCUT2D eigenvalue weighted by atomic mass is 35.5. The smallest absolute Gasteiger partial charge is 0.239 e. The maximum atomic E-state index is 12.0. The van der Waals surface area contributed by atoms with Gasteiger partial charge in [0.15, 0.2) is 0 Å². The van der Waals surface area contributed by atoms with Crippen molar-refractivity contribution in [3.8, 4) is 0 Å². The lowest BCUT2D eigenvalue weighted by Gasteiger charge is -2.34. The summed E-state index contributed by atoms with van der Waals surface area (Å²) in [4.78, 5) is 13.9. The number of hydrogen-bond donors (Lipinski definition) is 1. The van der Waals surface area contributed by atoms with Crippen LogP contribution >= 0.6 is 12.4 Å². The van der Waals surface area contributed by atoms with Crippen molar-refractivity contribution in [1.82, 2.24) is 4.90 Å². The minimum Gasteiger partial charge on any atom is -0.341 e. The quantitative estimate of drug-likeness (QED) is 0.847. The van der Waals surface area contributed by atoms with Crippen LogP contribution < -0.4 is 5.73 Å². The Hall–Kier alpha value is -0.280. The molecule has 0 spiro atoms. The van der Waals surface area contributed by atoms with Crippen molar-refractivity contribution in [2.24, 2.45) is 11.7 Å². The van der Waals surface area contributed by atoms with Crippen LogP contribution in [-0.4, -0.2) is 29.9 Å². The van der Waals surface area contributed by atoms with Crippen LogP contribution in [0.15, 0.2) is 0 Å². The Bertz CT molecular complexity index is 227. The Balaban J connectivity index is 0.00000256. The molecule has 0 radical (unpaired) electrons. The van der Waals surface area contributed by atoms with Crippen LogP contribution in [0.2, 0.25) is 0 Å². The number of halogens is 1. The predicted octanol–water partition coefficient (Wildman–Crippen LogP) is 2.57. The van der Waals surface area contributed by atoms with Gasteiger partial charge in [-0.05, 0) is 38.0 Å². The van der Waals surface area contributed by atoms with Gasteiger partial charge >= 0.3 is 0 Å². The molecule has 1 fully saturated rings. The fourth-order valence-corrected chi connectivity index (χ4v) is 2.51. The van der Waals surface area contributed by atoms with Crippen molar-refractivity contribution in [2.75, 3.05) is 7.05 Å². The highest BCUT2D eigenvalue weighted by Crippen LogP contribution is 2.26. The molecule has 2 N–H and O–H groups in total. The Labute approximate surface area is 112 Å². The van der Waals surface area contributed by atoms with Crippen molar-refractivity contribution in [1.29, 1.82) is 0 Å². The zero-order chi connectivity index (χ0) is 12.1. The van der Waals surface area contributed by atoms with Crippen molar-refractivity contribution in [2.45, 2.75) is 64.5 Å². The summed E-state index contributed by atoms with van der Waals surface area (Å²) < 4.78 is 0. The third-order valence-electron chi connectivity index (χ3n) is 3.80. The van der Waals surface area contributed by atoms with Crippen LogP contribution in [0.25, 0.3) is 0 Å². The SMILES string of the molecule is CCCC(N)C(=O)N(C)C1CCC(C)CC1.Cl. The number of carbonyl (C=O) groups is 1. The van der Waals surface area contributed by atoms with Gasteiger partial charge < -0.3 is 10.6 Å². The van der Waals surface area contributed by atoms with Gasteiger partial charge in [-0.1, -0.05) is 20.3 Å². The maximum Gasteiger partial charge on any atom is 0.239 e. The Morgan fingerprint density at radius 3 is 2.35 bits per heavy atom. The van der Waals surface area contributed by atoms with E-state index in [1.165, 1.54) is 12.8 Å². The van der Waals surface area contributed by atoms with Gasteiger partial charge in [-0.15, -0.1) is 12.4 Å². The van der Waals surface area contributed by atoms with Crippen LogP contribution in [0.3, 0.4) is 0 Å². The summed E-state index contributed by atoms with van der Waals surface area (Å²) >= 11 is 0. The van der Waals surface area contributed by atoms with Crippen molar-refractivity contribution in [3.05, 3.63) is 0 Å². The molecule has 0 bridgehead atoms. The summed E-state index contributed by atoms with van der Waals surface area (Å²) in [5, 5.41) is 0. The maximum absolute atomic E-state index is 12.0. The molecule has 0 aromatic carbocycles. The molecule has 3 nitrogen and oxygen atoms in total. The molecule has 4 heteroatoms. The van der Waals surface area contributed by atoms with E-state index in [1.54, 1.807) is 0 Å². The summed E-state index contributed by atoms with van der Waals surface area (Å²) in [7, 11) is 1.92. The first-order chi connectivity index (χ1) is 7.56. The summed E-state index contributed by atoms with van der Waals surface area (Å²) in [5.74, 6) is 0.950. The third-order valence-corrected chi connectivity index (χ3v) is 3.80. The minimum atomic E-state index is -0.297. The molecular formula is C13H27ClN2O. The van der Waals surface area contributed by atoms with Gasteiger partial charge in [0.05, 0.1) is 6.04 Å². The Kier molecular flexibility index (Phi) is 7.80. The molecule has 1 amide bonds. The van der Waals surface area contributed by atoms with Crippen molar-refractivity contribution in [3.63, 3.8) is 0 Å². The second-order valence-corrected chi connectivity index (χ2v) is 5.26. The first-order valence-corrected chi connectivity index (χ1v) is 6.58. The molecular weight excluding hydrogens is 236 g/mol. The van der Waals surface area contributed by atoms with E-state index >= 15 is 0 Å². The summed E-state index contributed by atoms with van der Waals surface area (Å²) in [6.45, 7) is 4.36. The average molecular weight is 263 g/mol. The number of carbonyl (C=O) groups excluding carboxylic acids is 1. The molecule has 17 heavy (non-hydrogen) atoms. The highest BCUT2D eigenvalue weighted by molar-refractivity contribution is 5.85. The molecule has 102 valence electrons. The number of rotatable bonds is 4. The standard InChI is InChI=1S/C13H26N2O.ClH/c1-4-5-12(14)13(16)15(3)11-8-6-10(2)7-9-11;/h10-12H,4-9,14H2,1-3H3;1H. The van der Waals surface area contributed by atoms with Crippen LogP contribution in [0.4, 0.5) is 0 Å². The van der Waals surface area contributed by atoms with E-state index in [1.807, 2.05) is 11.9 Å². The van der Waals surface area contributed by atoms with Gasteiger partial charge in [0.1, 0.15) is 0 Å². The summed E-state index contributed by atoms with van der Waals surface area (Å²) in [6, 6.07) is 0.126. The van der Waals surface area contributed by atoms with Gasteiger partial charge in [0, 0.05) is 13.1 Å². The van der Waals surface area contributed by atoms with Crippen LogP contribution in [-0.2, 0) is 4.79 Å². The molecule has 0 heterocycles. The van der Waals surface area contributed by atoms with Crippen LogP contribution in [0, 0.1) is 5.92 Å². The van der Waals surface area contributed by atoms with Gasteiger partial charge in [-0.25, -0.2) is 0 Å². The first-order valence-electron chi connectivity index (χ1n) is 6.58. The molecule has 1 aliphatic carbocycles. The molecule has 0 saturated heterocycles. The fraction of sp³-hybridized carbons (Fsp3) is 0.923. The lowest BCUT2D eigenvalue weighted by atomic mass is 9.86. The van der Waals surface area contributed by atoms with E-state index < -0.39 is 0 Å². The number of amides is 1. The van der Waals surface area contributed by atoms with Crippen LogP contribution in [0.5, 0.6) is 0 Å². The van der Waals surface area contributed by atoms with E-state index in [0.717, 1.165) is 31.6 Å². The van der Waals surface area contributed by atoms with Gasteiger partial charge in [-0.3, -0.25) is 4.79 Å². The van der Waals surface area contributed by atoms with Gasteiger partial charge in [0.2, 0.25) is 5.91 Å². The number of hydrogen-bond acceptors (Lipinski definition) is 2. The number of nitrogens with two attached hydrogens (primary N) is 1. The molecule has 1 unspecified atom stereocenters. The van der Waals surface area contributed by atoms with E-state index in [2.05, 4.69) is 13.8 Å². The second-order valence-electron chi connectivity index (χ2n) is 5.26. The second kappa shape index (κ2) is 7.93. The van der Waals surface area contributed by atoms with E-state index in [4.69, 9.17) is 5.73 Å². The van der Waals surface area contributed by atoms with E-state index in [0.29, 0.717) is 6.04 Å². The lowest BCUT2D eigenvalue weighted by Crippen LogP contribution is -2.47. The zero-order valence-corrected chi connectivity index (χ0v) is 12.1. The third kappa shape index (κ3) is 4.84. The predicted molar refractivity (Wildman–Crippen MR) is 74.3 cm³/mol. The minimum absolute atomic E-state index is 0. The molecule has 1 aliphatic rings. The van der Waals surface area contributed by atoms with Crippen LogP contribution in [0.1, 0.15) is 52.4 Å². The molecule has 0 aliphatic heterocycles. The first kappa shape index (κ1) is 16.7. The fourth-order valence-electron chi connectivity index (χ4n) is 2.51. The molecule has 0 aromatic heterocycles. The van der Waals surface area contributed by atoms with Gasteiger partial charge in [-0.2, -0.15) is 0 Å².